The smallest absolute Gasteiger partial charge is 0.323 e. The van der Waals surface area contributed by atoms with E-state index in [0.29, 0.717) is 17.3 Å². The molecule has 0 radical (unpaired) electrons. The van der Waals surface area contributed by atoms with Crippen LogP contribution in [0.1, 0.15) is 37.5 Å². The molecule has 0 aliphatic carbocycles. The Kier molecular flexibility index (Phi) is 5.87. The molecule has 1 aromatic heterocycles. The summed E-state index contributed by atoms with van der Waals surface area (Å²) in [6.45, 7) is 10.5. The van der Waals surface area contributed by atoms with E-state index in [1.807, 2.05) is 50.2 Å². The summed E-state index contributed by atoms with van der Waals surface area (Å²) in [4.78, 5) is 16.7. The molecular formula is C24H27N3O2. The molecule has 150 valence electrons. The Morgan fingerprint density at radius 3 is 2.45 bits per heavy atom. The maximum absolute atomic E-state index is 12.5. The van der Waals surface area contributed by atoms with Crippen molar-refractivity contribution in [2.45, 2.75) is 40.0 Å². The van der Waals surface area contributed by atoms with Crippen LogP contribution in [0.15, 0.2) is 60.8 Å². The lowest BCUT2D eigenvalue weighted by molar-refractivity contribution is 0.262. The molecule has 0 saturated heterocycles. The highest BCUT2D eigenvalue weighted by Gasteiger charge is 2.15. The van der Waals surface area contributed by atoms with E-state index in [1.54, 1.807) is 18.3 Å². The van der Waals surface area contributed by atoms with Crippen molar-refractivity contribution in [3.8, 4) is 11.6 Å². The number of aromatic nitrogens is 1. The van der Waals surface area contributed by atoms with E-state index in [4.69, 9.17) is 4.74 Å². The number of nitrogens with one attached hydrogen (secondary N) is 2. The van der Waals surface area contributed by atoms with Crippen molar-refractivity contribution >= 4 is 17.4 Å². The lowest BCUT2D eigenvalue weighted by Gasteiger charge is -2.20. The Bertz CT molecular complexity index is 1020. The third-order valence-corrected chi connectivity index (χ3v) is 4.70. The molecular weight excluding hydrogens is 362 g/mol. The molecule has 29 heavy (non-hydrogen) atoms. The van der Waals surface area contributed by atoms with E-state index in [2.05, 4.69) is 42.5 Å². The zero-order valence-electron chi connectivity index (χ0n) is 17.5. The van der Waals surface area contributed by atoms with Gasteiger partial charge in [-0.25, -0.2) is 9.78 Å². The molecule has 0 atom stereocenters. The van der Waals surface area contributed by atoms with Gasteiger partial charge in [-0.15, -0.1) is 0 Å². The highest BCUT2D eigenvalue weighted by atomic mass is 16.5. The van der Waals surface area contributed by atoms with E-state index >= 15 is 0 Å². The van der Waals surface area contributed by atoms with Crippen LogP contribution in [0.25, 0.3) is 0 Å². The van der Waals surface area contributed by atoms with Gasteiger partial charge in [-0.3, -0.25) is 0 Å². The predicted octanol–water partition coefficient (Wildman–Crippen LogP) is 6.43. The van der Waals surface area contributed by atoms with Crippen LogP contribution < -0.4 is 15.4 Å². The van der Waals surface area contributed by atoms with Crippen molar-refractivity contribution in [1.29, 1.82) is 0 Å². The summed E-state index contributed by atoms with van der Waals surface area (Å²) in [5.41, 5.74) is 4.69. The standard InChI is InChI=1S/C24H27N3O2/c1-16-11-12-19(14-17(16)2)26-23(28)27-21-10-7-13-25-22(21)29-20-9-6-8-18(15-20)24(3,4)5/h6-15H,1-5H3,(H2,26,27,28). The molecule has 0 saturated carbocycles. The predicted molar refractivity (Wildman–Crippen MR) is 118 cm³/mol. The van der Waals surface area contributed by atoms with Gasteiger partial charge in [0.1, 0.15) is 11.4 Å². The number of carbonyl (C=O) groups is 1. The zero-order valence-corrected chi connectivity index (χ0v) is 17.5. The van der Waals surface area contributed by atoms with Crippen LogP contribution in [-0.2, 0) is 5.41 Å². The summed E-state index contributed by atoms with van der Waals surface area (Å²) >= 11 is 0. The van der Waals surface area contributed by atoms with Crippen molar-refractivity contribution < 1.29 is 9.53 Å². The lowest BCUT2D eigenvalue weighted by Crippen LogP contribution is -2.20. The first-order valence-corrected chi connectivity index (χ1v) is 9.61. The summed E-state index contributed by atoms with van der Waals surface area (Å²) in [6, 6.07) is 16.9. The fourth-order valence-electron chi connectivity index (χ4n) is 2.81. The first-order valence-electron chi connectivity index (χ1n) is 9.61. The van der Waals surface area contributed by atoms with Gasteiger partial charge in [-0.05, 0) is 72.4 Å². The molecule has 5 nitrogen and oxygen atoms in total. The fraction of sp³-hybridized carbons (Fsp3) is 0.250. The quantitative estimate of drug-likeness (QED) is 0.540. The normalized spacial score (nSPS) is 11.1. The highest BCUT2D eigenvalue weighted by Crippen LogP contribution is 2.30. The number of urea groups is 1. The minimum atomic E-state index is -0.352. The third-order valence-electron chi connectivity index (χ3n) is 4.70. The Hall–Kier alpha value is -3.34. The summed E-state index contributed by atoms with van der Waals surface area (Å²) < 4.78 is 5.98. The van der Waals surface area contributed by atoms with Gasteiger partial charge < -0.3 is 15.4 Å². The van der Waals surface area contributed by atoms with Gasteiger partial charge in [0.05, 0.1) is 0 Å². The van der Waals surface area contributed by atoms with Crippen molar-refractivity contribution in [1.82, 2.24) is 4.98 Å². The number of aryl methyl sites for hydroxylation is 2. The van der Waals surface area contributed by atoms with Crippen molar-refractivity contribution in [2.24, 2.45) is 0 Å². The second kappa shape index (κ2) is 8.35. The summed E-state index contributed by atoms with van der Waals surface area (Å²) in [6.07, 6.45) is 1.63. The first-order chi connectivity index (χ1) is 13.7. The van der Waals surface area contributed by atoms with Gasteiger partial charge in [0.15, 0.2) is 0 Å². The number of hydrogen-bond donors (Lipinski definition) is 2. The van der Waals surface area contributed by atoms with Gasteiger partial charge >= 0.3 is 6.03 Å². The second-order valence-electron chi connectivity index (χ2n) is 8.11. The SMILES string of the molecule is Cc1ccc(NC(=O)Nc2cccnc2Oc2cccc(C(C)(C)C)c2)cc1C. The van der Waals surface area contributed by atoms with Crippen LogP contribution in [0.3, 0.4) is 0 Å². The molecule has 3 aromatic rings. The second-order valence-corrected chi connectivity index (χ2v) is 8.11. The number of ether oxygens (including phenoxy) is 1. The minimum absolute atomic E-state index is 0.0105. The molecule has 0 fully saturated rings. The third kappa shape index (κ3) is 5.35. The van der Waals surface area contributed by atoms with Crippen LogP contribution in [0.4, 0.5) is 16.2 Å². The average molecular weight is 389 g/mol. The lowest BCUT2D eigenvalue weighted by atomic mass is 9.87. The molecule has 1 heterocycles. The van der Waals surface area contributed by atoms with Crippen molar-refractivity contribution in [2.75, 3.05) is 10.6 Å². The molecule has 2 aromatic carbocycles. The Morgan fingerprint density at radius 1 is 0.931 bits per heavy atom. The monoisotopic (exact) mass is 389 g/mol. The zero-order chi connectivity index (χ0) is 21.0. The van der Waals surface area contributed by atoms with Crippen LogP contribution in [-0.4, -0.2) is 11.0 Å². The van der Waals surface area contributed by atoms with E-state index in [-0.39, 0.29) is 11.4 Å². The number of nitrogens with zero attached hydrogens (tertiary/aromatic N) is 1. The highest BCUT2D eigenvalue weighted by molar-refractivity contribution is 6.00. The Labute approximate surface area is 172 Å². The Morgan fingerprint density at radius 2 is 1.72 bits per heavy atom. The van der Waals surface area contributed by atoms with Crippen LogP contribution >= 0.6 is 0 Å². The van der Waals surface area contributed by atoms with E-state index in [0.717, 1.165) is 16.8 Å². The minimum Gasteiger partial charge on any atom is -0.437 e. The molecule has 3 rings (SSSR count). The summed E-state index contributed by atoms with van der Waals surface area (Å²) in [7, 11) is 0. The molecule has 0 aliphatic heterocycles. The van der Waals surface area contributed by atoms with Gasteiger partial charge in [-0.1, -0.05) is 39.0 Å². The maximum atomic E-state index is 12.5. The summed E-state index contributed by atoms with van der Waals surface area (Å²) in [5, 5.41) is 5.67. The maximum Gasteiger partial charge on any atom is 0.323 e. The van der Waals surface area contributed by atoms with E-state index in [1.165, 1.54) is 5.56 Å². The molecule has 0 spiro atoms. The summed E-state index contributed by atoms with van der Waals surface area (Å²) in [5.74, 6) is 1.02. The number of rotatable bonds is 4. The topological polar surface area (TPSA) is 63.2 Å². The molecule has 0 bridgehead atoms. The number of hydrogen-bond acceptors (Lipinski definition) is 3. The van der Waals surface area contributed by atoms with Gasteiger partial charge in [0, 0.05) is 11.9 Å². The molecule has 5 heteroatoms. The largest absolute Gasteiger partial charge is 0.437 e. The fourth-order valence-corrected chi connectivity index (χ4v) is 2.81. The van der Waals surface area contributed by atoms with Crippen LogP contribution in [0, 0.1) is 13.8 Å². The van der Waals surface area contributed by atoms with Gasteiger partial charge in [-0.2, -0.15) is 0 Å². The van der Waals surface area contributed by atoms with E-state index in [9.17, 15) is 4.79 Å². The number of amides is 2. The number of benzene rings is 2. The van der Waals surface area contributed by atoms with Crippen LogP contribution in [0.2, 0.25) is 0 Å². The van der Waals surface area contributed by atoms with Crippen molar-refractivity contribution in [3.63, 3.8) is 0 Å². The van der Waals surface area contributed by atoms with E-state index < -0.39 is 0 Å². The van der Waals surface area contributed by atoms with Gasteiger partial charge in [0.25, 0.3) is 0 Å². The molecule has 0 aliphatic rings. The van der Waals surface area contributed by atoms with Crippen LogP contribution in [0.5, 0.6) is 11.6 Å². The number of pyridine rings is 1. The average Bonchev–Trinajstić information content (AvgIpc) is 2.66. The molecule has 2 N–H and O–H groups in total. The molecule has 0 unspecified atom stereocenters. The first kappa shape index (κ1) is 20.4. The number of anilines is 2. The number of carbonyl (C=O) groups excluding carboxylic acids is 1. The van der Waals surface area contributed by atoms with Crippen molar-refractivity contribution in [3.05, 3.63) is 77.5 Å². The van der Waals surface area contributed by atoms with Gasteiger partial charge in [0.2, 0.25) is 5.88 Å². The Balaban J connectivity index is 1.75. The molecule has 2 amide bonds.